The number of aromatic nitrogens is 5. The Bertz CT molecular complexity index is 942. The van der Waals surface area contributed by atoms with Crippen LogP contribution in [0.15, 0.2) is 35.2 Å². The molecule has 5 rings (SSSR count). The molecule has 3 aromatic rings. The molecule has 0 radical (unpaired) electrons. The number of fused-ring (bicyclic) bond motifs is 1. The lowest BCUT2D eigenvalue weighted by molar-refractivity contribution is 0.0704. The van der Waals surface area contributed by atoms with Gasteiger partial charge in [-0.2, -0.15) is 4.98 Å². The lowest BCUT2D eigenvalue weighted by Gasteiger charge is -2.20. The molecule has 9 heteroatoms. The van der Waals surface area contributed by atoms with Crippen molar-refractivity contribution in [3.05, 3.63) is 48.1 Å². The van der Waals surface area contributed by atoms with Gasteiger partial charge in [0.25, 0.3) is 5.91 Å². The molecule has 138 valence electrons. The van der Waals surface area contributed by atoms with Crippen LogP contribution in [-0.4, -0.2) is 48.6 Å². The van der Waals surface area contributed by atoms with Crippen LogP contribution in [0.2, 0.25) is 0 Å². The van der Waals surface area contributed by atoms with E-state index in [2.05, 4.69) is 25.4 Å². The van der Waals surface area contributed by atoms with Crippen LogP contribution in [0.3, 0.4) is 0 Å². The lowest BCUT2D eigenvalue weighted by Crippen LogP contribution is -2.31. The maximum atomic E-state index is 13.1. The van der Waals surface area contributed by atoms with Crippen molar-refractivity contribution in [3.8, 4) is 11.4 Å². The van der Waals surface area contributed by atoms with Crippen molar-refractivity contribution in [1.82, 2.24) is 34.9 Å². The molecule has 1 fully saturated rings. The number of rotatable bonds is 3. The van der Waals surface area contributed by atoms with Crippen LogP contribution in [0, 0.1) is 0 Å². The van der Waals surface area contributed by atoms with Gasteiger partial charge in [0.1, 0.15) is 17.6 Å². The van der Waals surface area contributed by atoms with E-state index in [-0.39, 0.29) is 11.9 Å². The van der Waals surface area contributed by atoms with E-state index >= 15 is 0 Å². The zero-order chi connectivity index (χ0) is 18.2. The highest BCUT2D eigenvalue weighted by Gasteiger charge is 2.36. The predicted octanol–water partition coefficient (Wildman–Crippen LogP) is 1.41. The van der Waals surface area contributed by atoms with Crippen LogP contribution in [0.25, 0.3) is 11.4 Å². The number of pyridine rings is 1. The van der Waals surface area contributed by atoms with Crippen LogP contribution < -0.4 is 5.32 Å². The standard InChI is InChI=1S/C18H19N7O2/c26-18(13-11-24-8-6-20-10-15(24)21-13)25-7-2-4-14(25)17-22-16(23-27-17)12-3-1-5-19-9-12/h1,3,5,9,11,14,20H,2,4,6-8,10H2/t14-/m1/s1. The summed E-state index contributed by atoms with van der Waals surface area (Å²) in [7, 11) is 0. The van der Waals surface area contributed by atoms with Crippen molar-refractivity contribution < 1.29 is 9.32 Å². The van der Waals surface area contributed by atoms with Gasteiger partial charge in [0, 0.05) is 43.8 Å². The van der Waals surface area contributed by atoms with E-state index in [0.717, 1.165) is 37.3 Å². The Labute approximate surface area is 155 Å². The average molecular weight is 365 g/mol. The second-order valence-corrected chi connectivity index (χ2v) is 6.77. The van der Waals surface area contributed by atoms with Gasteiger partial charge in [0.15, 0.2) is 0 Å². The number of nitrogens with one attached hydrogen (secondary N) is 1. The van der Waals surface area contributed by atoms with Crippen molar-refractivity contribution in [2.24, 2.45) is 0 Å². The molecule has 27 heavy (non-hydrogen) atoms. The summed E-state index contributed by atoms with van der Waals surface area (Å²) in [6.45, 7) is 3.07. The highest BCUT2D eigenvalue weighted by Crippen LogP contribution is 2.33. The molecule has 0 saturated carbocycles. The number of carbonyl (C=O) groups is 1. The monoisotopic (exact) mass is 365 g/mol. The SMILES string of the molecule is O=C(c1cn2c(n1)CNCC2)N1CCC[C@@H]1c1nc(-c2cccnc2)no1. The van der Waals surface area contributed by atoms with Crippen LogP contribution in [0.5, 0.6) is 0 Å². The van der Waals surface area contributed by atoms with Gasteiger partial charge in [0.05, 0.1) is 6.54 Å². The fourth-order valence-corrected chi connectivity index (χ4v) is 3.69. The van der Waals surface area contributed by atoms with Crippen LogP contribution in [-0.2, 0) is 13.1 Å². The molecule has 0 aromatic carbocycles. The molecule has 2 aliphatic heterocycles. The first kappa shape index (κ1) is 16.1. The van der Waals surface area contributed by atoms with Gasteiger partial charge in [0.2, 0.25) is 11.7 Å². The van der Waals surface area contributed by atoms with Gasteiger partial charge in [-0.05, 0) is 25.0 Å². The lowest BCUT2D eigenvalue weighted by atomic mass is 10.2. The summed E-state index contributed by atoms with van der Waals surface area (Å²) in [6, 6.07) is 3.49. The van der Waals surface area contributed by atoms with Gasteiger partial charge in [-0.1, -0.05) is 5.16 Å². The molecule has 0 bridgehead atoms. The van der Waals surface area contributed by atoms with Crippen LogP contribution >= 0.6 is 0 Å². The Hall–Kier alpha value is -3.07. The molecule has 0 spiro atoms. The molecule has 3 aromatic heterocycles. The van der Waals surface area contributed by atoms with E-state index in [1.807, 2.05) is 22.9 Å². The molecule has 0 unspecified atom stereocenters. The van der Waals surface area contributed by atoms with Crippen molar-refractivity contribution >= 4 is 5.91 Å². The highest BCUT2D eigenvalue weighted by molar-refractivity contribution is 5.92. The van der Waals surface area contributed by atoms with Gasteiger partial charge in [-0.15, -0.1) is 0 Å². The second-order valence-electron chi connectivity index (χ2n) is 6.77. The maximum Gasteiger partial charge on any atom is 0.274 e. The Kier molecular flexibility index (Phi) is 3.93. The van der Waals surface area contributed by atoms with E-state index in [1.54, 1.807) is 17.3 Å². The van der Waals surface area contributed by atoms with Crippen LogP contribution in [0.1, 0.15) is 41.1 Å². The minimum absolute atomic E-state index is 0.0828. The zero-order valence-corrected chi connectivity index (χ0v) is 14.7. The predicted molar refractivity (Wildman–Crippen MR) is 94.5 cm³/mol. The number of imidazole rings is 1. The smallest absolute Gasteiger partial charge is 0.274 e. The molecular weight excluding hydrogens is 346 g/mol. The number of amides is 1. The number of nitrogens with zero attached hydrogens (tertiary/aromatic N) is 6. The molecule has 0 aliphatic carbocycles. The largest absolute Gasteiger partial charge is 0.337 e. The molecule has 2 aliphatic rings. The first-order valence-electron chi connectivity index (χ1n) is 9.11. The number of hydrogen-bond donors (Lipinski definition) is 1. The maximum absolute atomic E-state index is 13.1. The first-order chi connectivity index (χ1) is 13.3. The third-order valence-electron chi connectivity index (χ3n) is 5.05. The summed E-state index contributed by atoms with van der Waals surface area (Å²) >= 11 is 0. The Morgan fingerprint density at radius 1 is 1.30 bits per heavy atom. The molecule has 1 N–H and O–H groups in total. The van der Waals surface area contributed by atoms with E-state index in [4.69, 9.17) is 4.52 Å². The zero-order valence-electron chi connectivity index (χ0n) is 14.7. The number of carbonyl (C=O) groups excluding carboxylic acids is 1. The summed E-state index contributed by atoms with van der Waals surface area (Å²) in [4.78, 5) is 27.9. The fraction of sp³-hybridized carbons (Fsp3) is 0.389. The van der Waals surface area contributed by atoms with Crippen molar-refractivity contribution in [1.29, 1.82) is 0 Å². The van der Waals surface area contributed by atoms with E-state index in [1.165, 1.54) is 0 Å². The molecule has 1 saturated heterocycles. The number of likely N-dealkylation sites (tertiary alicyclic amines) is 1. The van der Waals surface area contributed by atoms with Crippen molar-refractivity contribution in [3.63, 3.8) is 0 Å². The molecule has 9 nitrogen and oxygen atoms in total. The van der Waals surface area contributed by atoms with Crippen LogP contribution in [0.4, 0.5) is 0 Å². The summed E-state index contributed by atoms with van der Waals surface area (Å²) in [5, 5.41) is 7.33. The third kappa shape index (κ3) is 2.89. The topological polar surface area (TPSA) is 102 Å². The van der Waals surface area contributed by atoms with E-state index in [0.29, 0.717) is 30.5 Å². The van der Waals surface area contributed by atoms with E-state index in [9.17, 15) is 4.79 Å². The summed E-state index contributed by atoms with van der Waals surface area (Å²) < 4.78 is 7.53. The van der Waals surface area contributed by atoms with Gasteiger partial charge in [-0.25, -0.2) is 4.98 Å². The Morgan fingerprint density at radius 3 is 3.11 bits per heavy atom. The first-order valence-corrected chi connectivity index (χ1v) is 9.11. The normalized spacial score (nSPS) is 19.3. The third-order valence-corrected chi connectivity index (χ3v) is 5.05. The Balaban J connectivity index is 1.40. The van der Waals surface area contributed by atoms with Gasteiger partial charge in [-0.3, -0.25) is 9.78 Å². The molecular formula is C18H19N7O2. The average Bonchev–Trinajstić information content (AvgIpc) is 3.46. The van der Waals surface area contributed by atoms with Crippen molar-refractivity contribution in [2.75, 3.05) is 13.1 Å². The number of hydrogen-bond acceptors (Lipinski definition) is 7. The highest BCUT2D eigenvalue weighted by atomic mass is 16.5. The van der Waals surface area contributed by atoms with Gasteiger partial charge < -0.3 is 19.3 Å². The fourth-order valence-electron chi connectivity index (χ4n) is 3.69. The summed E-state index contributed by atoms with van der Waals surface area (Å²) in [5.41, 5.74) is 1.27. The molecule has 1 atom stereocenters. The van der Waals surface area contributed by atoms with Crippen molar-refractivity contribution in [2.45, 2.75) is 32.0 Å². The Morgan fingerprint density at radius 2 is 2.26 bits per heavy atom. The molecule has 5 heterocycles. The minimum Gasteiger partial charge on any atom is -0.337 e. The molecule has 1 amide bonds. The summed E-state index contributed by atoms with van der Waals surface area (Å²) in [6.07, 6.45) is 6.94. The van der Waals surface area contributed by atoms with Gasteiger partial charge >= 0.3 is 0 Å². The summed E-state index contributed by atoms with van der Waals surface area (Å²) in [5.74, 6) is 1.77. The second kappa shape index (κ2) is 6.58. The minimum atomic E-state index is -0.215. The van der Waals surface area contributed by atoms with E-state index < -0.39 is 0 Å². The quantitative estimate of drug-likeness (QED) is 0.748.